The van der Waals surface area contributed by atoms with Crippen LogP contribution in [0.2, 0.25) is 5.02 Å². The van der Waals surface area contributed by atoms with E-state index in [2.05, 4.69) is 16.5 Å². The zero-order valence-corrected chi connectivity index (χ0v) is 18.5. The molecule has 0 aromatic heterocycles. The molecule has 29 heavy (non-hydrogen) atoms. The molecule has 1 N–H and O–H groups in total. The second-order valence-corrected chi connectivity index (χ2v) is 9.35. The zero-order valence-electron chi connectivity index (χ0n) is 16.9. The van der Waals surface area contributed by atoms with Gasteiger partial charge in [0.1, 0.15) is 4.90 Å². The molecule has 2 aromatic rings. The van der Waals surface area contributed by atoms with Crippen LogP contribution in [0.1, 0.15) is 28.4 Å². The standard InChI is InChI=1S/C21H26ClN3O3S/c1-4-24-9-11-25(12-10-24)21(26)17-7-8-18(22)20(14-17)29(27,28)23-19-13-15(2)5-6-16(19)3/h5-8,13-14,23H,4,9-12H2,1-3H3. The molecule has 6 nitrogen and oxygen atoms in total. The van der Waals surface area contributed by atoms with Crippen LogP contribution in [0.15, 0.2) is 41.3 Å². The Morgan fingerprint density at radius 3 is 2.41 bits per heavy atom. The smallest absolute Gasteiger partial charge is 0.263 e. The lowest BCUT2D eigenvalue weighted by molar-refractivity contribution is 0.0643. The van der Waals surface area contributed by atoms with E-state index in [4.69, 9.17) is 11.6 Å². The van der Waals surface area contributed by atoms with Crippen LogP contribution in [0.4, 0.5) is 5.69 Å². The van der Waals surface area contributed by atoms with E-state index in [1.165, 1.54) is 12.1 Å². The summed E-state index contributed by atoms with van der Waals surface area (Å²) in [5.74, 6) is -0.180. The second-order valence-electron chi connectivity index (χ2n) is 7.30. The summed E-state index contributed by atoms with van der Waals surface area (Å²) in [6.45, 7) is 9.64. The summed E-state index contributed by atoms with van der Waals surface area (Å²) < 4.78 is 28.6. The van der Waals surface area contributed by atoms with E-state index in [9.17, 15) is 13.2 Å². The molecule has 0 saturated carbocycles. The molecule has 1 amide bonds. The quantitative estimate of drug-likeness (QED) is 0.779. The number of benzene rings is 2. The minimum atomic E-state index is -3.94. The number of sulfonamides is 1. The lowest BCUT2D eigenvalue weighted by Gasteiger charge is -2.34. The highest BCUT2D eigenvalue weighted by Gasteiger charge is 2.25. The number of nitrogens with zero attached hydrogens (tertiary/aromatic N) is 2. The van der Waals surface area contributed by atoms with E-state index in [-0.39, 0.29) is 15.8 Å². The molecule has 1 saturated heterocycles. The summed E-state index contributed by atoms with van der Waals surface area (Å²) >= 11 is 6.20. The van der Waals surface area contributed by atoms with E-state index >= 15 is 0 Å². The molecular weight excluding hydrogens is 410 g/mol. The first-order valence-electron chi connectivity index (χ1n) is 9.62. The molecule has 0 radical (unpaired) electrons. The van der Waals surface area contributed by atoms with Crippen LogP contribution in [0.25, 0.3) is 0 Å². The van der Waals surface area contributed by atoms with Gasteiger partial charge >= 0.3 is 0 Å². The highest BCUT2D eigenvalue weighted by Crippen LogP contribution is 2.27. The molecular formula is C21H26ClN3O3S. The van der Waals surface area contributed by atoms with Crippen molar-refractivity contribution in [1.82, 2.24) is 9.80 Å². The summed E-state index contributed by atoms with van der Waals surface area (Å²) in [5, 5.41) is 0.0789. The van der Waals surface area contributed by atoms with Crippen LogP contribution < -0.4 is 4.72 Å². The molecule has 1 heterocycles. The number of carbonyl (C=O) groups is 1. The predicted octanol–water partition coefficient (Wildman–Crippen LogP) is 3.54. The Morgan fingerprint density at radius 1 is 1.07 bits per heavy atom. The molecule has 0 atom stereocenters. The van der Waals surface area contributed by atoms with Gasteiger partial charge in [0.15, 0.2) is 0 Å². The van der Waals surface area contributed by atoms with Crippen molar-refractivity contribution in [2.45, 2.75) is 25.7 Å². The maximum Gasteiger partial charge on any atom is 0.263 e. The Morgan fingerprint density at radius 2 is 1.76 bits per heavy atom. The number of carbonyl (C=O) groups excluding carboxylic acids is 1. The molecule has 8 heteroatoms. The predicted molar refractivity (Wildman–Crippen MR) is 116 cm³/mol. The number of piperazine rings is 1. The fourth-order valence-corrected chi connectivity index (χ4v) is 4.99. The van der Waals surface area contributed by atoms with Crippen LogP contribution in [-0.4, -0.2) is 56.8 Å². The van der Waals surface area contributed by atoms with Gasteiger partial charge in [0.05, 0.1) is 10.7 Å². The fraction of sp³-hybridized carbons (Fsp3) is 0.381. The van der Waals surface area contributed by atoms with E-state index in [0.29, 0.717) is 24.3 Å². The number of halogens is 1. The number of aryl methyl sites for hydroxylation is 2. The fourth-order valence-electron chi connectivity index (χ4n) is 3.34. The molecule has 3 rings (SSSR count). The van der Waals surface area contributed by atoms with E-state index < -0.39 is 10.0 Å². The van der Waals surface area contributed by atoms with Crippen LogP contribution >= 0.6 is 11.6 Å². The third kappa shape index (κ3) is 4.91. The van der Waals surface area contributed by atoms with Crippen molar-refractivity contribution in [3.63, 3.8) is 0 Å². The molecule has 1 fully saturated rings. The third-order valence-electron chi connectivity index (χ3n) is 5.21. The number of likely N-dealkylation sites (N-methyl/N-ethyl adjacent to an activating group) is 1. The number of amides is 1. The maximum atomic E-state index is 13.0. The molecule has 2 aromatic carbocycles. The lowest BCUT2D eigenvalue weighted by Crippen LogP contribution is -2.48. The van der Waals surface area contributed by atoms with Gasteiger partial charge in [-0.05, 0) is 55.8 Å². The van der Waals surface area contributed by atoms with Gasteiger partial charge in [-0.1, -0.05) is 30.7 Å². The number of hydrogen-bond acceptors (Lipinski definition) is 4. The molecule has 156 valence electrons. The van der Waals surface area contributed by atoms with Crippen LogP contribution in [0.5, 0.6) is 0 Å². The van der Waals surface area contributed by atoms with Crippen molar-refractivity contribution >= 4 is 33.2 Å². The summed E-state index contributed by atoms with van der Waals surface area (Å²) in [5.41, 5.74) is 2.56. The molecule has 0 unspecified atom stereocenters. The van der Waals surface area contributed by atoms with Crippen LogP contribution in [0.3, 0.4) is 0 Å². The van der Waals surface area contributed by atoms with Crippen molar-refractivity contribution in [2.24, 2.45) is 0 Å². The largest absolute Gasteiger partial charge is 0.336 e. The summed E-state index contributed by atoms with van der Waals surface area (Å²) in [6.07, 6.45) is 0. The Hall–Kier alpha value is -2.09. The summed E-state index contributed by atoms with van der Waals surface area (Å²) in [7, 11) is -3.94. The van der Waals surface area contributed by atoms with E-state index in [0.717, 1.165) is 30.8 Å². The Balaban J connectivity index is 1.86. The average Bonchev–Trinajstić information content (AvgIpc) is 2.70. The number of hydrogen-bond donors (Lipinski definition) is 1. The van der Waals surface area contributed by atoms with Crippen LogP contribution in [0, 0.1) is 13.8 Å². The summed E-state index contributed by atoms with van der Waals surface area (Å²) in [6, 6.07) is 9.94. The van der Waals surface area contributed by atoms with Gasteiger partial charge in [-0.15, -0.1) is 0 Å². The second kappa shape index (κ2) is 8.73. The van der Waals surface area contributed by atoms with E-state index in [1.807, 2.05) is 26.0 Å². The van der Waals surface area contributed by atoms with Crippen molar-refractivity contribution in [1.29, 1.82) is 0 Å². The number of anilines is 1. The molecule has 1 aliphatic heterocycles. The van der Waals surface area contributed by atoms with Crippen molar-refractivity contribution in [3.05, 3.63) is 58.1 Å². The van der Waals surface area contributed by atoms with Gasteiger partial charge in [0.25, 0.3) is 15.9 Å². The van der Waals surface area contributed by atoms with E-state index in [1.54, 1.807) is 17.0 Å². The monoisotopic (exact) mass is 435 g/mol. The normalized spacial score (nSPS) is 15.4. The van der Waals surface area contributed by atoms with Crippen molar-refractivity contribution < 1.29 is 13.2 Å². The van der Waals surface area contributed by atoms with Gasteiger partial charge in [-0.25, -0.2) is 8.42 Å². The number of rotatable bonds is 5. The van der Waals surface area contributed by atoms with Crippen molar-refractivity contribution in [3.8, 4) is 0 Å². The van der Waals surface area contributed by atoms with Crippen molar-refractivity contribution in [2.75, 3.05) is 37.4 Å². The Kier molecular flexibility index (Phi) is 6.51. The SMILES string of the molecule is CCN1CCN(C(=O)c2ccc(Cl)c(S(=O)(=O)Nc3cc(C)ccc3C)c2)CC1. The first-order chi connectivity index (χ1) is 13.7. The molecule has 0 aliphatic carbocycles. The lowest BCUT2D eigenvalue weighted by atomic mass is 10.1. The first-order valence-corrected chi connectivity index (χ1v) is 11.5. The molecule has 0 bridgehead atoms. The Bertz CT molecular complexity index is 1020. The van der Waals surface area contributed by atoms with Gasteiger partial charge in [-0.3, -0.25) is 9.52 Å². The van der Waals surface area contributed by atoms with Gasteiger partial charge < -0.3 is 9.80 Å². The highest BCUT2D eigenvalue weighted by molar-refractivity contribution is 7.92. The summed E-state index contributed by atoms with van der Waals surface area (Å²) in [4.78, 5) is 16.8. The maximum absolute atomic E-state index is 13.0. The number of nitrogens with one attached hydrogen (secondary N) is 1. The topological polar surface area (TPSA) is 69.7 Å². The average molecular weight is 436 g/mol. The first kappa shape index (κ1) is 21.6. The molecule has 0 spiro atoms. The Labute approximate surface area is 177 Å². The highest BCUT2D eigenvalue weighted by atomic mass is 35.5. The van der Waals surface area contributed by atoms with Gasteiger partial charge in [-0.2, -0.15) is 0 Å². The van der Waals surface area contributed by atoms with Gasteiger partial charge in [0, 0.05) is 31.7 Å². The van der Waals surface area contributed by atoms with Gasteiger partial charge in [0.2, 0.25) is 0 Å². The minimum absolute atomic E-state index is 0.0789. The zero-order chi connectivity index (χ0) is 21.2. The third-order valence-corrected chi connectivity index (χ3v) is 7.06. The van der Waals surface area contributed by atoms with Crippen LogP contribution in [-0.2, 0) is 10.0 Å². The molecule has 1 aliphatic rings. The minimum Gasteiger partial charge on any atom is -0.336 e.